The van der Waals surface area contributed by atoms with Crippen molar-refractivity contribution in [3.8, 4) is 17.1 Å². The molecule has 1 saturated heterocycles. The fourth-order valence-electron chi connectivity index (χ4n) is 5.27. The Morgan fingerprint density at radius 1 is 1.08 bits per heavy atom. The van der Waals surface area contributed by atoms with Crippen LogP contribution < -0.4 is 4.74 Å². The van der Waals surface area contributed by atoms with Gasteiger partial charge in [-0.25, -0.2) is 0 Å². The van der Waals surface area contributed by atoms with E-state index in [-0.39, 0.29) is 12.1 Å². The Balaban J connectivity index is 1.38. The Hall–Kier alpha value is -3.38. The van der Waals surface area contributed by atoms with Crippen LogP contribution in [0.4, 0.5) is 0 Å². The number of aromatic nitrogens is 1. The van der Waals surface area contributed by atoms with E-state index in [0.717, 1.165) is 71.3 Å². The molecule has 0 spiro atoms. The van der Waals surface area contributed by atoms with Gasteiger partial charge in [0.1, 0.15) is 22.7 Å². The fourth-order valence-corrected chi connectivity index (χ4v) is 5.27. The van der Waals surface area contributed by atoms with Crippen LogP contribution in [0.2, 0.25) is 0 Å². The highest BCUT2D eigenvalue weighted by Gasteiger charge is 2.25. The van der Waals surface area contributed by atoms with Crippen molar-refractivity contribution in [2.24, 2.45) is 5.92 Å². The van der Waals surface area contributed by atoms with E-state index in [4.69, 9.17) is 13.9 Å². The minimum absolute atomic E-state index is 0.0481. The molecule has 4 aromatic rings. The number of likely N-dealkylation sites (tertiary alicyclic amines) is 1. The third kappa shape index (κ3) is 6.18. The van der Waals surface area contributed by atoms with Crippen molar-refractivity contribution in [2.45, 2.75) is 72.1 Å². The molecule has 6 heteroatoms. The molecule has 0 atom stereocenters. The average Bonchev–Trinajstić information content (AvgIpc) is 3.27. The van der Waals surface area contributed by atoms with Crippen molar-refractivity contribution in [1.82, 2.24) is 9.88 Å². The van der Waals surface area contributed by atoms with Crippen molar-refractivity contribution in [3.05, 3.63) is 60.4 Å². The first-order valence-corrected chi connectivity index (χ1v) is 13.6. The maximum Gasteiger partial charge on any atom is 0.306 e. The molecule has 200 valence electrons. The first-order valence-electron chi connectivity index (χ1n) is 13.6. The van der Waals surface area contributed by atoms with Crippen molar-refractivity contribution < 1.29 is 18.7 Å². The zero-order valence-electron chi connectivity index (χ0n) is 23.1. The highest BCUT2D eigenvalue weighted by molar-refractivity contribution is 6.00. The molecule has 0 saturated carbocycles. The lowest BCUT2D eigenvalue weighted by Crippen LogP contribution is -2.34. The summed E-state index contributed by atoms with van der Waals surface area (Å²) in [6.45, 7) is 12.6. The molecule has 0 radical (unpaired) electrons. The van der Waals surface area contributed by atoms with E-state index in [9.17, 15) is 4.79 Å². The summed E-state index contributed by atoms with van der Waals surface area (Å²) < 4.78 is 18.0. The second-order valence-corrected chi connectivity index (χ2v) is 11.7. The SMILES string of the molecule is CC(C)Oc1cc(CN2CCC(CC(=O)OC(C)(C)C)CC2)cc2c(-c3cc4ccccc4o3)cncc12. The zero-order valence-corrected chi connectivity index (χ0v) is 23.1. The van der Waals surface area contributed by atoms with Gasteiger partial charge >= 0.3 is 5.97 Å². The summed E-state index contributed by atoms with van der Waals surface area (Å²) in [6, 6.07) is 14.5. The minimum Gasteiger partial charge on any atom is -0.490 e. The third-order valence-corrected chi connectivity index (χ3v) is 6.94. The molecule has 2 aromatic heterocycles. The van der Waals surface area contributed by atoms with Gasteiger partial charge in [0.15, 0.2) is 0 Å². The molecule has 0 aliphatic carbocycles. The molecular formula is C32H38N2O4. The van der Waals surface area contributed by atoms with Gasteiger partial charge in [0.05, 0.1) is 6.10 Å². The Morgan fingerprint density at radius 2 is 1.84 bits per heavy atom. The van der Waals surface area contributed by atoms with Gasteiger partial charge in [-0.05, 0) is 102 Å². The van der Waals surface area contributed by atoms with Gasteiger partial charge < -0.3 is 13.9 Å². The van der Waals surface area contributed by atoms with E-state index in [1.165, 1.54) is 5.56 Å². The van der Waals surface area contributed by atoms with Crippen LogP contribution >= 0.6 is 0 Å². The lowest BCUT2D eigenvalue weighted by atomic mass is 9.93. The number of para-hydroxylation sites is 1. The normalized spacial score (nSPS) is 15.4. The number of furan rings is 1. The largest absolute Gasteiger partial charge is 0.490 e. The standard InChI is InChI=1S/C32H38N2O4/c1-21(2)36-29-15-23(20-34-12-10-22(11-13-34)16-31(35)38-32(3,4)5)14-25-26(29)18-33-19-27(25)30-17-24-8-6-7-9-28(24)37-30/h6-9,14-15,17-19,21-22H,10-13,16,20H2,1-5H3. The molecule has 1 aliphatic rings. The average molecular weight is 515 g/mol. The second kappa shape index (κ2) is 10.8. The van der Waals surface area contributed by atoms with Crippen molar-refractivity contribution in [2.75, 3.05) is 13.1 Å². The van der Waals surface area contributed by atoms with Gasteiger partial charge in [-0.15, -0.1) is 0 Å². The molecule has 6 nitrogen and oxygen atoms in total. The molecule has 2 aromatic carbocycles. The van der Waals surface area contributed by atoms with Crippen LogP contribution in [0.5, 0.6) is 5.75 Å². The molecule has 0 amide bonds. The lowest BCUT2D eigenvalue weighted by Gasteiger charge is -2.32. The third-order valence-electron chi connectivity index (χ3n) is 6.94. The minimum atomic E-state index is -0.430. The number of esters is 1. The summed E-state index contributed by atoms with van der Waals surface area (Å²) in [4.78, 5) is 19.3. The van der Waals surface area contributed by atoms with Crippen LogP contribution in [0.3, 0.4) is 0 Å². The van der Waals surface area contributed by atoms with Gasteiger partial charge in [-0.2, -0.15) is 0 Å². The molecule has 3 heterocycles. The molecule has 38 heavy (non-hydrogen) atoms. The van der Waals surface area contributed by atoms with E-state index >= 15 is 0 Å². The first kappa shape index (κ1) is 26.2. The van der Waals surface area contributed by atoms with Crippen LogP contribution in [-0.4, -0.2) is 40.6 Å². The lowest BCUT2D eigenvalue weighted by molar-refractivity contribution is -0.156. The zero-order chi connectivity index (χ0) is 26.9. The van der Waals surface area contributed by atoms with E-state index in [2.05, 4.69) is 34.1 Å². The van der Waals surface area contributed by atoms with Gasteiger partial charge in [0, 0.05) is 41.7 Å². The number of hydrogen-bond acceptors (Lipinski definition) is 6. The summed E-state index contributed by atoms with van der Waals surface area (Å²) >= 11 is 0. The highest BCUT2D eigenvalue weighted by Crippen LogP contribution is 2.37. The Kier molecular flexibility index (Phi) is 7.44. The number of piperidine rings is 1. The predicted molar refractivity (Wildman–Crippen MR) is 151 cm³/mol. The van der Waals surface area contributed by atoms with E-state index in [0.29, 0.717) is 12.3 Å². The van der Waals surface area contributed by atoms with Gasteiger partial charge in [-0.1, -0.05) is 18.2 Å². The number of pyridine rings is 1. The number of rotatable bonds is 7. The van der Waals surface area contributed by atoms with Crippen LogP contribution in [0.15, 0.2) is 59.3 Å². The van der Waals surface area contributed by atoms with Crippen LogP contribution in [0.1, 0.15) is 59.4 Å². The monoisotopic (exact) mass is 514 g/mol. The Labute approximate surface area is 224 Å². The van der Waals surface area contributed by atoms with Crippen LogP contribution in [0.25, 0.3) is 33.1 Å². The van der Waals surface area contributed by atoms with Crippen molar-refractivity contribution >= 4 is 27.7 Å². The smallest absolute Gasteiger partial charge is 0.306 e. The quantitative estimate of drug-likeness (QED) is 0.240. The van der Waals surface area contributed by atoms with Crippen molar-refractivity contribution in [1.29, 1.82) is 0 Å². The second-order valence-electron chi connectivity index (χ2n) is 11.7. The predicted octanol–water partition coefficient (Wildman–Crippen LogP) is 7.38. The number of carbonyl (C=O) groups is 1. The van der Waals surface area contributed by atoms with Crippen LogP contribution in [-0.2, 0) is 16.1 Å². The maximum atomic E-state index is 12.3. The summed E-state index contributed by atoms with van der Waals surface area (Å²) in [5.41, 5.74) is 2.59. The summed E-state index contributed by atoms with van der Waals surface area (Å²) in [5, 5.41) is 3.13. The number of nitrogens with zero attached hydrogens (tertiary/aromatic N) is 2. The summed E-state index contributed by atoms with van der Waals surface area (Å²) in [5.74, 6) is 1.94. The summed E-state index contributed by atoms with van der Waals surface area (Å²) in [6.07, 6.45) is 6.30. The molecule has 1 fully saturated rings. The van der Waals surface area contributed by atoms with Crippen molar-refractivity contribution in [3.63, 3.8) is 0 Å². The van der Waals surface area contributed by atoms with Gasteiger partial charge in [-0.3, -0.25) is 14.7 Å². The fraction of sp³-hybridized carbons (Fsp3) is 0.438. The number of carbonyl (C=O) groups excluding carboxylic acids is 1. The van der Waals surface area contributed by atoms with E-state index in [1.807, 2.05) is 65.2 Å². The molecule has 0 N–H and O–H groups in total. The van der Waals surface area contributed by atoms with Gasteiger partial charge in [0.25, 0.3) is 0 Å². The molecule has 1 aliphatic heterocycles. The summed E-state index contributed by atoms with van der Waals surface area (Å²) in [7, 11) is 0. The van der Waals surface area contributed by atoms with Gasteiger partial charge in [0.2, 0.25) is 0 Å². The number of hydrogen-bond donors (Lipinski definition) is 0. The molecule has 0 unspecified atom stereocenters. The maximum absolute atomic E-state index is 12.3. The van der Waals surface area contributed by atoms with E-state index in [1.54, 1.807) is 0 Å². The van der Waals surface area contributed by atoms with Crippen LogP contribution in [0, 0.1) is 5.92 Å². The Bertz CT molecular complexity index is 1390. The highest BCUT2D eigenvalue weighted by atomic mass is 16.6. The molecule has 0 bridgehead atoms. The molecule has 5 rings (SSSR count). The number of ether oxygens (including phenoxy) is 2. The topological polar surface area (TPSA) is 64.8 Å². The molecular weight excluding hydrogens is 476 g/mol. The number of fused-ring (bicyclic) bond motifs is 2. The van der Waals surface area contributed by atoms with E-state index < -0.39 is 5.60 Å². The first-order chi connectivity index (χ1) is 18.1. The number of benzene rings is 2. The Morgan fingerprint density at radius 3 is 2.55 bits per heavy atom.